The Hall–Kier alpha value is -6.12. The van der Waals surface area contributed by atoms with Gasteiger partial charge in [0.2, 0.25) is 0 Å². The van der Waals surface area contributed by atoms with Gasteiger partial charge in [0, 0.05) is 27.7 Å². The molecule has 1 heterocycles. The zero-order valence-corrected chi connectivity index (χ0v) is 27.6. The molecule has 1 aliphatic carbocycles. The first kappa shape index (κ1) is 30.2. The van der Waals surface area contributed by atoms with E-state index < -0.39 is 0 Å². The van der Waals surface area contributed by atoms with Crippen LogP contribution in [0.25, 0.3) is 66.1 Å². The Morgan fingerprint density at radius 2 is 1.10 bits per heavy atom. The molecule has 0 radical (unpaired) electrons. The van der Waals surface area contributed by atoms with E-state index in [1.54, 1.807) is 0 Å². The maximum atomic E-state index is 6.64. The summed E-state index contributed by atoms with van der Waals surface area (Å²) in [5, 5.41) is 5.05. The fraction of sp³-hybridized carbons (Fsp3) is 0.0638. The highest BCUT2D eigenvalue weighted by Crippen LogP contribution is 2.41. The van der Waals surface area contributed by atoms with Crippen molar-refractivity contribution in [3.8, 4) is 27.9 Å². The van der Waals surface area contributed by atoms with Crippen LogP contribution in [0.2, 0.25) is 0 Å². The molecule has 236 valence electrons. The molecule has 1 atom stereocenters. The predicted molar refractivity (Wildman–Crippen MR) is 211 cm³/mol. The lowest BCUT2D eigenvalue weighted by molar-refractivity contribution is 0.740. The van der Waals surface area contributed by atoms with Gasteiger partial charge in [-0.1, -0.05) is 165 Å². The number of hydrogen-bond donors (Lipinski definition) is 1. The molecule has 0 spiro atoms. The fourth-order valence-corrected chi connectivity index (χ4v) is 7.07. The first-order valence-corrected chi connectivity index (χ1v) is 17.0. The summed E-state index contributed by atoms with van der Waals surface area (Å²) in [5.41, 5.74) is 18.1. The Labute approximate surface area is 288 Å². The molecule has 0 saturated carbocycles. The lowest BCUT2D eigenvalue weighted by Crippen LogP contribution is -1.98. The Kier molecular flexibility index (Phi) is 8.13. The van der Waals surface area contributed by atoms with Crippen molar-refractivity contribution < 1.29 is 0 Å². The lowest BCUT2D eigenvalue weighted by Gasteiger charge is -2.15. The Morgan fingerprint density at radius 3 is 1.76 bits per heavy atom. The molecule has 1 aliphatic rings. The molecule has 0 amide bonds. The highest BCUT2D eigenvalue weighted by atomic mass is 15.0. The number of aromatic nitrogens is 1. The Bertz CT molecular complexity index is 2400. The minimum atomic E-state index is 0.593. The van der Waals surface area contributed by atoms with Crippen LogP contribution in [-0.4, -0.2) is 4.57 Å². The molecule has 2 nitrogen and oxygen atoms in total. The molecule has 1 unspecified atom stereocenters. The van der Waals surface area contributed by atoms with Gasteiger partial charge in [0.1, 0.15) is 0 Å². The van der Waals surface area contributed by atoms with Crippen LogP contribution < -0.4 is 5.73 Å². The van der Waals surface area contributed by atoms with Crippen molar-refractivity contribution >= 4 is 43.8 Å². The van der Waals surface area contributed by atoms with Gasteiger partial charge >= 0.3 is 0 Å². The van der Waals surface area contributed by atoms with E-state index in [1.807, 2.05) is 12.1 Å². The molecule has 0 fully saturated rings. The smallest absolute Gasteiger partial charge is 0.0640 e. The lowest BCUT2D eigenvalue weighted by atomic mass is 9.92. The van der Waals surface area contributed by atoms with Crippen LogP contribution in [-0.2, 0) is 0 Å². The average molecular weight is 631 g/mol. The number of nitrogens with two attached hydrogens (primary N) is 1. The van der Waals surface area contributed by atoms with E-state index in [4.69, 9.17) is 5.73 Å². The standard InChI is InChI=1S/C37H30N2.C10H8/c1-25-8-7-11-30(24-25)28-16-14-26(15-17-28)27-18-20-31(21-19-27)39-35-13-6-5-12-32(35)33-22-23-34(38)36(37(33)39)29-9-3-2-4-10-29;1-2-6-10-8-4-3-7-9(10)5-1/h2-7,9-25H,8,38H2,1H3;1-8H. The van der Waals surface area contributed by atoms with E-state index in [0.29, 0.717) is 5.92 Å². The summed E-state index contributed by atoms with van der Waals surface area (Å²) in [5.74, 6) is 0.593. The zero-order chi connectivity index (χ0) is 33.2. The van der Waals surface area contributed by atoms with Gasteiger partial charge in [0.15, 0.2) is 0 Å². The van der Waals surface area contributed by atoms with Crippen molar-refractivity contribution in [1.82, 2.24) is 4.57 Å². The van der Waals surface area contributed by atoms with Crippen molar-refractivity contribution in [3.05, 3.63) is 188 Å². The van der Waals surface area contributed by atoms with Crippen LogP contribution in [0.3, 0.4) is 0 Å². The zero-order valence-electron chi connectivity index (χ0n) is 27.6. The Morgan fingerprint density at radius 1 is 0.531 bits per heavy atom. The number of para-hydroxylation sites is 1. The van der Waals surface area contributed by atoms with Crippen molar-refractivity contribution in [1.29, 1.82) is 0 Å². The maximum absolute atomic E-state index is 6.64. The molecule has 7 aromatic carbocycles. The first-order valence-electron chi connectivity index (χ1n) is 17.0. The van der Waals surface area contributed by atoms with Crippen molar-refractivity contribution in [3.63, 3.8) is 0 Å². The molecule has 0 aliphatic heterocycles. The quantitative estimate of drug-likeness (QED) is 0.193. The van der Waals surface area contributed by atoms with Crippen LogP contribution in [0, 0.1) is 5.92 Å². The third-order valence-electron chi connectivity index (χ3n) is 9.54. The van der Waals surface area contributed by atoms with E-state index in [0.717, 1.165) is 34.4 Å². The molecule has 49 heavy (non-hydrogen) atoms. The third kappa shape index (κ3) is 5.94. The van der Waals surface area contributed by atoms with Crippen molar-refractivity contribution in [2.75, 3.05) is 5.73 Å². The van der Waals surface area contributed by atoms with Gasteiger partial charge in [-0.25, -0.2) is 0 Å². The van der Waals surface area contributed by atoms with Crippen LogP contribution in [0.5, 0.6) is 0 Å². The summed E-state index contributed by atoms with van der Waals surface area (Å²) in [4.78, 5) is 0. The topological polar surface area (TPSA) is 30.9 Å². The summed E-state index contributed by atoms with van der Waals surface area (Å²) in [6.07, 6.45) is 8.01. The number of anilines is 1. The maximum Gasteiger partial charge on any atom is 0.0640 e. The molecular weight excluding hydrogens is 593 g/mol. The van der Waals surface area contributed by atoms with Gasteiger partial charge in [-0.2, -0.15) is 0 Å². The monoisotopic (exact) mass is 630 g/mol. The molecular formula is C47H38N2. The highest BCUT2D eigenvalue weighted by molar-refractivity contribution is 6.15. The van der Waals surface area contributed by atoms with Crippen molar-refractivity contribution in [2.45, 2.75) is 13.3 Å². The molecule has 0 bridgehead atoms. The van der Waals surface area contributed by atoms with Crippen LogP contribution in [0.15, 0.2) is 182 Å². The second-order valence-corrected chi connectivity index (χ2v) is 12.9. The van der Waals surface area contributed by atoms with Gasteiger partial charge in [0.25, 0.3) is 0 Å². The summed E-state index contributed by atoms with van der Waals surface area (Å²) < 4.78 is 2.36. The predicted octanol–water partition coefficient (Wildman–Crippen LogP) is 12.5. The van der Waals surface area contributed by atoms with Gasteiger partial charge in [-0.15, -0.1) is 0 Å². The van der Waals surface area contributed by atoms with E-state index in [9.17, 15) is 0 Å². The van der Waals surface area contributed by atoms with Gasteiger partial charge in [0.05, 0.1) is 11.0 Å². The van der Waals surface area contributed by atoms with E-state index in [1.165, 1.54) is 49.3 Å². The number of nitrogens with zero attached hydrogens (tertiary/aromatic N) is 1. The number of fused-ring (bicyclic) bond motifs is 4. The summed E-state index contributed by atoms with van der Waals surface area (Å²) in [6, 6.07) is 57.8. The molecule has 8 aromatic rings. The molecule has 0 saturated heterocycles. The second-order valence-electron chi connectivity index (χ2n) is 12.9. The number of allylic oxidation sites excluding steroid dienone is 4. The van der Waals surface area contributed by atoms with E-state index in [2.05, 4.69) is 181 Å². The fourth-order valence-electron chi connectivity index (χ4n) is 7.07. The third-order valence-corrected chi connectivity index (χ3v) is 9.54. The van der Waals surface area contributed by atoms with E-state index >= 15 is 0 Å². The SMILES string of the molecule is CC1C=C(c2ccc(-c3ccc(-n4c5ccccc5c5ccc(N)c(-c6ccccc6)c54)cc3)cc2)C=CC1.c1ccc2ccccc2c1. The molecule has 1 aromatic heterocycles. The van der Waals surface area contributed by atoms with Gasteiger partial charge in [-0.3, -0.25) is 0 Å². The second kappa shape index (κ2) is 13.2. The van der Waals surface area contributed by atoms with Crippen LogP contribution in [0.4, 0.5) is 5.69 Å². The highest BCUT2D eigenvalue weighted by Gasteiger charge is 2.18. The van der Waals surface area contributed by atoms with Gasteiger partial charge in [-0.05, 0) is 75.2 Å². The number of rotatable bonds is 4. The van der Waals surface area contributed by atoms with Crippen LogP contribution >= 0.6 is 0 Å². The minimum absolute atomic E-state index is 0.593. The largest absolute Gasteiger partial charge is 0.398 e. The Balaban J connectivity index is 0.000000298. The van der Waals surface area contributed by atoms with Crippen molar-refractivity contribution in [2.24, 2.45) is 5.92 Å². The molecule has 9 rings (SSSR count). The molecule has 2 heteroatoms. The summed E-state index contributed by atoms with van der Waals surface area (Å²) in [6.45, 7) is 2.27. The van der Waals surface area contributed by atoms with Crippen LogP contribution in [0.1, 0.15) is 18.9 Å². The minimum Gasteiger partial charge on any atom is -0.398 e. The summed E-state index contributed by atoms with van der Waals surface area (Å²) in [7, 11) is 0. The first-order chi connectivity index (χ1) is 24.1. The normalized spacial score (nSPS) is 14.1. The number of hydrogen-bond acceptors (Lipinski definition) is 1. The van der Waals surface area contributed by atoms with E-state index in [-0.39, 0.29) is 0 Å². The van der Waals surface area contributed by atoms with Gasteiger partial charge < -0.3 is 10.3 Å². The summed E-state index contributed by atoms with van der Waals surface area (Å²) >= 11 is 0. The number of nitrogen functional groups attached to an aromatic ring is 1. The molecule has 2 N–H and O–H groups in total. The number of benzene rings is 7. The average Bonchev–Trinajstić information content (AvgIpc) is 3.50.